The largest absolute Gasteiger partial charge is 0.325 e. The van der Waals surface area contributed by atoms with E-state index < -0.39 is 0 Å². The Morgan fingerprint density at radius 2 is 1.67 bits per heavy atom. The van der Waals surface area contributed by atoms with Gasteiger partial charge in [0, 0.05) is 5.54 Å². The van der Waals surface area contributed by atoms with Gasteiger partial charge in [0.15, 0.2) is 0 Å². The van der Waals surface area contributed by atoms with Gasteiger partial charge in [-0.05, 0) is 54.6 Å². The van der Waals surface area contributed by atoms with Crippen molar-refractivity contribution in [1.29, 1.82) is 0 Å². The molecule has 21 heavy (non-hydrogen) atoms. The van der Waals surface area contributed by atoms with Gasteiger partial charge in [0.1, 0.15) is 0 Å². The van der Waals surface area contributed by atoms with E-state index in [1.54, 1.807) is 0 Å². The van der Waals surface area contributed by atoms with Crippen LogP contribution in [0.2, 0.25) is 0 Å². The van der Waals surface area contributed by atoms with Crippen LogP contribution in [0.15, 0.2) is 24.3 Å². The summed E-state index contributed by atoms with van der Waals surface area (Å²) in [6.07, 6.45) is 8.77. The summed E-state index contributed by atoms with van der Waals surface area (Å²) in [4.78, 5) is 0. The number of hydrogen-bond acceptors (Lipinski definition) is 1. The van der Waals surface area contributed by atoms with Crippen molar-refractivity contribution in [1.82, 2.24) is 0 Å². The molecule has 0 saturated heterocycles. The van der Waals surface area contributed by atoms with Crippen molar-refractivity contribution in [2.24, 2.45) is 11.7 Å². The molecule has 1 aliphatic rings. The molecule has 0 amide bonds. The third kappa shape index (κ3) is 4.57. The van der Waals surface area contributed by atoms with Crippen molar-refractivity contribution >= 4 is 0 Å². The zero-order chi connectivity index (χ0) is 15.5. The molecule has 1 nitrogen and oxygen atoms in total. The maximum absolute atomic E-state index is 6.67. The molecule has 1 saturated carbocycles. The van der Waals surface area contributed by atoms with Crippen LogP contribution in [0, 0.1) is 5.92 Å². The van der Waals surface area contributed by atoms with Crippen molar-refractivity contribution in [2.45, 2.75) is 83.6 Å². The van der Waals surface area contributed by atoms with Gasteiger partial charge in [-0.15, -0.1) is 0 Å². The predicted octanol–water partition coefficient (Wildman–Crippen LogP) is 5.21. The molecule has 2 N–H and O–H groups in total. The second-order valence-electron chi connectivity index (χ2n) is 8.22. The highest BCUT2D eigenvalue weighted by Crippen LogP contribution is 2.35. The Morgan fingerprint density at radius 3 is 2.14 bits per heavy atom. The standard InChI is InChI=1S/C20H33N/c1-5-6-16-11-13-20(21,14-12-16)15-17-7-9-18(10-8-17)19(2,3)4/h7-10,16H,5-6,11-15,21H2,1-4H3. The van der Waals surface area contributed by atoms with E-state index in [2.05, 4.69) is 52.0 Å². The van der Waals surface area contributed by atoms with Crippen LogP contribution in [0.5, 0.6) is 0 Å². The number of nitrogens with two attached hydrogens (primary N) is 1. The first-order valence-electron chi connectivity index (χ1n) is 8.71. The summed E-state index contributed by atoms with van der Waals surface area (Å²) in [6, 6.07) is 9.13. The minimum absolute atomic E-state index is 0.0352. The van der Waals surface area contributed by atoms with Gasteiger partial charge in [0.05, 0.1) is 0 Å². The maximum atomic E-state index is 6.67. The van der Waals surface area contributed by atoms with E-state index in [1.165, 1.54) is 49.7 Å². The maximum Gasteiger partial charge on any atom is 0.0195 e. The molecule has 1 fully saturated rings. The Labute approximate surface area is 131 Å². The van der Waals surface area contributed by atoms with Crippen LogP contribution >= 0.6 is 0 Å². The van der Waals surface area contributed by atoms with Gasteiger partial charge in [-0.1, -0.05) is 64.8 Å². The summed E-state index contributed by atoms with van der Waals surface area (Å²) >= 11 is 0. The molecule has 0 spiro atoms. The second kappa shape index (κ2) is 6.52. The van der Waals surface area contributed by atoms with E-state index >= 15 is 0 Å². The summed E-state index contributed by atoms with van der Waals surface area (Å²) in [6.45, 7) is 9.09. The molecular formula is C20H33N. The molecule has 2 rings (SSSR count). The van der Waals surface area contributed by atoms with E-state index in [0.717, 1.165) is 12.3 Å². The molecule has 1 aliphatic carbocycles. The molecule has 1 heteroatoms. The minimum atomic E-state index is 0.0352. The van der Waals surface area contributed by atoms with E-state index in [1.807, 2.05) is 0 Å². The van der Waals surface area contributed by atoms with Crippen LogP contribution in [0.3, 0.4) is 0 Å². The fraction of sp³-hybridized carbons (Fsp3) is 0.700. The Kier molecular flexibility index (Phi) is 5.14. The van der Waals surface area contributed by atoms with Crippen molar-refractivity contribution in [3.63, 3.8) is 0 Å². The van der Waals surface area contributed by atoms with Crippen LogP contribution in [-0.2, 0) is 11.8 Å². The Morgan fingerprint density at radius 1 is 1.10 bits per heavy atom. The molecule has 1 aromatic carbocycles. The average molecular weight is 287 g/mol. The zero-order valence-corrected chi connectivity index (χ0v) is 14.4. The first kappa shape index (κ1) is 16.5. The molecule has 0 radical (unpaired) electrons. The van der Waals surface area contributed by atoms with Gasteiger partial charge < -0.3 is 5.73 Å². The third-order valence-electron chi connectivity index (χ3n) is 5.17. The molecule has 0 aliphatic heterocycles. The molecule has 0 atom stereocenters. The first-order valence-corrected chi connectivity index (χ1v) is 8.71. The molecular weight excluding hydrogens is 254 g/mol. The monoisotopic (exact) mass is 287 g/mol. The highest BCUT2D eigenvalue weighted by molar-refractivity contribution is 5.28. The summed E-state index contributed by atoms with van der Waals surface area (Å²) in [5, 5.41) is 0. The average Bonchev–Trinajstić information content (AvgIpc) is 2.41. The lowest BCUT2D eigenvalue weighted by molar-refractivity contribution is 0.223. The number of benzene rings is 1. The lowest BCUT2D eigenvalue weighted by Gasteiger charge is -2.37. The lowest BCUT2D eigenvalue weighted by Crippen LogP contribution is -2.45. The lowest BCUT2D eigenvalue weighted by atomic mass is 9.73. The number of rotatable bonds is 4. The molecule has 0 unspecified atom stereocenters. The van der Waals surface area contributed by atoms with E-state index in [9.17, 15) is 0 Å². The van der Waals surface area contributed by atoms with Crippen LogP contribution < -0.4 is 5.73 Å². The number of hydrogen-bond donors (Lipinski definition) is 1. The van der Waals surface area contributed by atoms with E-state index in [4.69, 9.17) is 5.73 Å². The van der Waals surface area contributed by atoms with Crippen molar-refractivity contribution in [3.8, 4) is 0 Å². The van der Waals surface area contributed by atoms with Crippen LogP contribution in [0.4, 0.5) is 0 Å². The van der Waals surface area contributed by atoms with Gasteiger partial charge in [-0.25, -0.2) is 0 Å². The quantitative estimate of drug-likeness (QED) is 0.807. The van der Waals surface area contributed by atoms with Crippen LogP contribution in [0.25, 0.3) is 0 Å². The summed E-state index contributed by atoms with van der Waals surface area (Å²) in [5.74, 6) is 0.926. The zero-order valence-electron chi connectivity index (χ0n) is 14.4. The Balaban J connectivity index is 1.95. The molecule has 1 aromatic rings. The topological polar surface area (TPSA) is 26.0 Å². The van der Waals surface area contributed by atoms with Crippen molar-refractivity contribution in [2.75, 3.05) is 0 Å². The predicted molar refractivity (Wildman–Crippen MR) is 92.6 cm³/mol. The molecule has 0 bridgehead atoms. The molecule has 0 aromatic heterocycles. The second-order valence-corrected chi connectivity index (χ2v) is 8.22. The molecule has 0 heterocycles. The summed E-state index contributed by atoms with van der Waals surface area (Å²) in [5.41, 5.74) is 9.75. The SMILES string of the molecule is CCCC1CCC(N)(Cc2ccc(C(C)(C)C)cc2)CC1. The fourth-order valence-electron chi connectivity index (χ4n) is 3.66. The smallest absolute Gasteiger partial charge is 0.0195 e. The Hall–Kier alpha value is -0.820. The van der Waals surface area contributed by atoms with Gasteiger partial charge in [-0.2, -0.15) is 0 Å². The van der Waals surface area contributed by atoms with E-state index in [-0.39, 0.29) is 11.0 Å². The normalized spacial score (nSPS) is 26.8. The van der Waals surface area contributed by atoms with Gasteiger partial charge in [0.2, 0.25) is 0 Å². The van der Waals surface area contributed by atoms with Crippen LogP contribution in [-0.4, -0.2) is 5.54 Å². The van der Waals surface area contributed by atoms with Crippen molar-refractivity contribution in [3.05, 3.63) is 35.4 Å². The summed E-state index contributed by atoms with van der Waals surface area (Å²) in [7, 11) is 0. The summed E-state index contributed by atoms with van der Waals surface area (Å²) < 4.78 is 0. The fourth-order valence-corrected chi connectivity index (χ4v) is 3.66. The van der Waals surface area contributed by atoms with Crippen molar-refractivity contribution < 1.29 is 0 Å². The first-order chi connectivity index (χ1) is 9.82. The highest BCUT2D eigenvalue weighted by atomic mass is 14.7. The molecule has 118 valence electrons. The highest BCUT2D eigenvalue weighted by Gasteiger charge is 2.31. The van der Waals surface area contributed by atoms with Gasteiger partial charge in [-0.3, -0.25) is 0 Å². The van der Waals surface area contributed by atoms with E-state index in [0.29, 0.717) is 0 Å². The minimum Gasteiger partial charge on any atom is -0.325 e. The van der Waals surface area contributed by atoms with Crippen LogP contribution in [0.1, 0.15) is 77.3 Å². The van der Waals surface area contributed by atoms with Gasteiger partial charge in [0.25, 0.3) is 0 Å². The van der Waals surface area contributed by atoms with Gasteiger partial charge >= 0.3 is 0 Å². The Bertz CT molecular complexity index is 430. The third-order valence-corrected chi connectivity index (χ3v) is 5.17.